The van der Waals surface area contributed by atoms with Gasteiger partial charge in [0, 0.05) is 0 Å². The molecule has 8 heteroatoms. The van der Waals surface area contributed by atoms with Crippen molar-refractivity contribution in [1.82, 2.24) is 0 Å². The molecule has 2 aromatic rings. The summed E-state index contributed by atoms with van der Waals surface area (Å²) in [6.07, 6.45) is 0. The normalized spacial score (nSPS) is 9.89. The average Bonchev–Trinajstić information content (AvgIpc) is 2.71. The van der Waals surface area contributed by atoms with E-state index in [1.54, 1.807) is 31.4 Å². The predicted molar refractivity (Wildman–Crippen MR) is 96.2 cm³/mol. The van der Waals surface area contributed by atoms with Gasteiger partial charge in [0.25, 0.3) is 5.91 Å². The number of nitrogens with one attached hydrogen (secondary N) is 1. The molecule has 0 radical (unpaired) electrons. The van der Waals surface area contributed by atoms with E-state index in [-0.39, 0.29) is 23.4 Å². The molecular formula is C19H19NO7. The summed E-state index contributed by atoms with van der Waals surface area (Å²) in [6.45, 7) is -0.296. The van der Waals surface area contributed by atoms with Crippen molar-refractivity contribution in [3.8, 4) is 11.5 Å². The summed E-state index contributed by atoms with van der Waals surface area (Å²) in [5, 5.41) is 2.54. The van der Waals surface area contributed by atoms with E-state index in [2.05, 4.69) is 14.8 Å². The van der Waals surface area contributed by atoms with Crippen LogP contribution in [0.4, 0.5) is 5.69 Å². The molecule has 27 heavy (non-hydrogen) atoms. The number of benzene rings is 2. The largest absolute Gasteiger partial charge is 0.497 e. The van der Waals surface area contributed by atoms with Crippen molar-refractivity contribution in [2.45, 2.75) is 0 Å². The molecule has 1 amide bonds. The van der Waals surface area contributed by atoms with Gasteiger partial charge < -0.3 is 24.3 Å². The summed E-state index contributed by atoms with van der Waals surface area (Å²) in [4.78, 5) is 35.7. The maximum Gasteiger partial charge on any atom is 0.339 e. The van der Waals surface area contributed by atoms with Crippen LogP contribution < -0.4 is 14.8 Å². The fourth-order valence-corrected chi connectivity index (χ4v) is 2.19. The lowest BCUT2D eigenvalue weighted by atomic mass is 10.1. The Kier molecular flexibility index (Phi) is 6.76. The third-order valence-corrected chi connectivity index (χ3v) is 3.55. The van der Waals surface area contributed by atoms with Crippen molar-refractivity contribution in [3.63, 3.8) is 0 Å². The number of anilines is 1. The van der Waals surface area contributed by atoms with Crippen molar-refractivity contribution in [2.24, 2.45) is 0 Å². The highest BCUT2D eigenvalue weighted by molar-refractivity contribution is 6.03. The van der Waals surface area contributed by atoms with Crippen molar-refractivity contribution in [2.75, 3.05) is 33.3 Å². The first-order chi connectivity index (χ1) is 13.0. The van der Waals surface area contributed by atoms with E-state index in [4.69, 9.17) is 9.47 Å². The maximum absolute atomic E-state index is 12.2. The van der Waals surface area contributed by atoms with Crippen LogP contribution in [0.1, 0.15) is 20.7 Å². The second-order valence-corrected chi connectivity index (χ2v) is 5.26. The highest BCUT2D eigenvalue weighted by Gasteiger charge is 2.17. The van der Waals surface area contributed by atoms with E-state index >= 15 is 0 Å². The van der Waals surface area contributed by atoms with Crippen LogP contribution in [0, 0.1) is 0 Å². The number of hydrogen-bond donors (Lipinski definition) is 1. The Bertz CT molecular complexity index is 830. The molecule has 0 fully saturated rings. The van der Waals surface area contributed by atoms with Gasteiger partial charge in [-0.15, -0.1) is 0 Å². The smallest absolute Gasteiger partial charge is 0.339 e. The van der Waals surface area contributed by atoms with E-state index in [1.807, 2.05) is 0 Å². The van der Waals surface area contributed by atoms with E-state index in [1.165, 1.54) is 32.4 Å². The lowest BCUT2D eigenvalue weighted by Crippen LogP contribution is -2.22. The fraction of sp³-hybridized carbons (Fsp3) is 0.211. The minimum atomic E-state index is -0.655. The molecule has 0 aliphatic heterocycles. The molecular weight excluding hydrogens is 354 g/mol. The molecule has 0 aliphatic carbocycles. The molecule has 0 saturated carbocycles. The number of carbonyl (C=O) groups is 3. The molecule has 142 valence electrons. The van der Waals surface area contributed by atoms with Crippen molar-refractivity contribution >= 4 is 23.5 Å². The predicted octanol–water partition coefficient (Wildman–Crippen LogP) is 2.29. The Balaban J connectivity index is 2.11. The second kappa shape index (κ2) is 9.23. The van der Waals surface area contributed by atoms with Crippen LogP contribution in [0.3, 0.4) is 0 Å². The Morgan fingerprint density at radius 3 is 2.07 bits per heavy atom. The Morgan fingerprint density at radius 2 is 1.48 bits per heavy atom. The van der Waals surface area contributed by atoms with E-state index in [0.29, 0.717) is 11.5 Å². The molecule has 0 aromatic heterocycles. The minimum absolute atomic E-state index is 0.1000. The van der Waals surface area contributed by atoms with Crippen LogP contribution in [0.5, 0.6) is 11.5 Å². The minimum Gasteiger partial charge on any atom is -0.497 e. The molecule has 2 aromatic carbocycles. The maximum atomic E-state index is 12.2. The van der Waals surface area contributed by atoms with Crippen LogP contribution in [0.25, 0.3) is 0 Å². The van der Waals surface area contributed by atoms with E-state index < -0.39 is 17.8 Å². The molecule has 1 N–H and O–H groups in total. The summed E-state index contributed by atoms with van der Waals surface area (Å²) >= 11 is 0. The van der Waals surface area contributed by atoms with Gasteiger partial charge in [-0.1, -0.05) is 0 Å². The summed E-state index contributed by atoms with van der Waals surface area (Å²) in [5.41, 5.74) is 0.396. The molecule has 0 aliphatic rings. The number of rotatable bonds is 7. The van der Waals surface area contributed by atoms with Gasteiger partial charge in [-0.2, -0.15) is 0 Å². The molecule has 0 bridgehead atoms. The van der Waals surface area contributed by atoms with E-state index in [9.17, 15) is 14.4 Å². The van der Waals surface area contributed by atoms with Gasteiger partial charge in [0.1, 0.15) is 11.5 Å². The topological polar surface area (TPSA) is 100 Å². The first-order valence-electron chi connectivity index (χ1n) is 7.86. The number of amides is 1. The monoisotopic (exact) mass is 373 g/mol. The van der Waals surface area contributed by atoms with Gasteiger partial charge in [-0.3, -0.25) is 4.79 Å². The molecule has 0 heterocycles. The number of carbonyl (C=O) groups excluding carboxylic acids is 3. The highest BCUT2D eigenvalue weighted by Crippen LogP contribution is 2.20. The zero-order chi connectivity index (χ0) is 19.8. The number of ether oxygens (including phenoxy) is 4. The molecule has 2 rings (SSSR count). The Hall–Kier alpha value is -3.55. The standard InChI is InChI=1S/C19H19NO7/c1-24-13-5-7-14(8-6-13)27-11-17(21)20-16-10-12(18(22)25-2)4-9-15(16)19(23)26-3/h4-10H,11H2,1-3H3,(H,20,21). The summed E-state index contributed by atoms with van der Waals surface area (Å²) in [5.74, 6) is -0.635. The summed E-state index contributed by atoms with van der Waals surface area (Å²) < 4.78 is 19.8. The summed E-state index contributed by atoms with van der Waals surface area (Å²) in [7, 11) is 4.00. The SMILES string of the molecule is COC(=O)c1ccc(C(=O)OC)c(NC(=O)COc2ccc(OC)cc2)c1. The average molecular weight is 373 g/mol. The highest BCUT2D eigenvalue weighted by atomic mass is 16.5. The fourth-order valence-electron chi connectivity index (χ4n) is 2.19. The zero-order valence-electron chi connectivity index (χ0n) is 15.1. The van der Waals surface area contributed by atoms with Crippen LogP contribution in [-0.4, -0.2) is 45.8 Å². The Labute approximate surface area is 156 Å². The first-order valence-corrected chi connectivity index (χ1v) is 7.86. The molecule has 0 saturated heterocycles. The van der Waals surface area contributed by atoms with Gasteiger partial charge in [0.2, 0.25) is 0 Å². The van der Waals surface area contributed by atoms with Crippen molar-refractivity contribution < 1.29 is 33.3 Å². The van der Waals surface area contributed by atoms with Crippen molar-refractivity contribution in [3.05, 3.63) is 53.6 Å². The van der Waals surface area contributed by atoms with Gasteiger partial charge in [0.05, 0.1) is 38.1 Å². The van der Waals surface area contributed by atoms with Crippen LogP contribution in [0.15, 0.2) is 42.5 Å². The summed E-state index contributed by atoms with van der Waals surface area (Å²) in [6, 6.07) is 10.8. The Morgan fingerprint density at radius 1 is 0.852 bits per heavy atom. The van der Waals surface area contributed by atoms with Gasteiger partial charge >= 0.3 is 11.9 Å². The molecule has 0 spiro atoms. The quantitative estimate of drug-likeness (QED) is 0.743. The third kappa shape index (κ3) is 5.21. The lowest BCUT2D eigenvalue weighted by molar-refractivity contribution is -0.118. The third-order valence-electron chi connectivity index (χ3n) is 3.55. The molecule has 0 unspecified atom stereocenters. The van der Waals surface area contributed by atoms with Crippen LogP contribution >= 0.6 is 0 Å². The van der Waals surface area contributed by atoms with E-state index in [0.717, 1.165) is 0 Å². The van der Waals surface area contributed by atoms with Crippen LogP contribution in [0.2, 0.25) is 0 Å². The van der Waals surface area contributed by atoms with Gasteiger partial charge in [-0.25, -0.2) is 9.59 Å². The van der Waals surface area contributed by atoms with Crippen molar-refractivity contribution in [1.29, 1.82) is 0 Å². The van der Waals surface area contributed by atoms with Gasteiger partial charge in [-0.05, 0) is 42.5 Å². The molecule has 8 nitrogen and oxygen atoms in total. The second-order valence-electron chi connectivity index (χ2n) is 5.26. The van der Waals surface area contributed by atoms with Gasteiger partial charge in [0.15, 0.2) is 6.61 Å². The lowest BCUT2D eigenvalue weighted by Gasteiger charge is -2.12. The first kappa shape index (κ1) is 19.8. The number of methoxy groups -OCH3 is 3. The number of hydrogen-bond acceptors (Lipinski definition) is 7. The molecule has 0 atom stereocenters. The number of esters is 2. The zero-order valence-corrected chi connectivity index (χ0v) is 15.1. The van der Waals surface area contributed by atoms with Crippen LogP contribution in [-0.2, 0) is 14.3 Å².